The second-order valence-electron chi connectivity index (χ2n) is 8.36. The Bertz CT molecular complexity index is 857. The molecule has 0 saturated heterocycles. The van der Waals surface area contributed by atoms with Crippen molar-refractivity contribution < 1.29 is 9.47 Å². The molecular formula is C24H28O2Se. The molecule has 3 heteroatoms. The number of benzene rings is 2. The summed E-state index contributed by atoms with van der Waals surface area (Å²) >= 11 is 0.0771. The van der Waals surface area contributed by atoms with Gasteiger partial charge in [0, 0.05) is 0 Å². The van der Waals surface area contributed by atoms with Gasteiger partial charge in [0.15, 0.2) is 0 Å². The molecule has 3 rings (SSSR count). The molecule has 0 spiro atoms. The maximum absolute atomic E-state index is 6.03. The van der Waals surface area contributed by atoms with Crippen molar-refractivity contribution in [2.75, 3.05) is 13.9 Å². The second-order valence-corrected chi connectivity index (χ2v) is 10.2. The van der Waals surface area contributed by atoms with E-state index in [1.165, 1.54) is 22.0 Å². The van der Waals surface area contributed by atoms with Gasteiger partial charge in [0.1, 0.15) is 0 Å². The number of rotatable bonds is 4. The van der Waals surface area contributed by atoms with Crippen LogP contribution >= 0.6 is 0 Å². The molecule has 142 valence electrons. The fourth-order valence-electron chi connectivity index (χ4n) is 3.67. The van der Waals surface area contributed by atoms with Crippen LogP contribution < -0.4 is 9.20 Å². The summed E-state index contributed by atoms with van der Waals surface area (Å²) in [5.41, 5.74) is 4.07. The summed E-state index contributed by atoms with van der Waals surface area (Å²) in [4.78, 5) is 3.38. The number of methoxy groups -OCH3 is 1. The molecule has 0 heterocycles. The van der Waals surface area contributed by atoms with Gasteiger partial charge in [-0.15, -0.1) is 0 Å². The van der Waals surface area contributed by atoms with Crippen molar-refractivity contribution in [1.82, 2.24) is 0 Å². The third-order valence-electron chi connectivity index (χ3n) is 5.33. The predicted molar refractivity (Wildman–Crippen MR) is 113 cm³/mol. The van der Waals surface area contributed by atoms with Gasteiger partial charge in [0.25, 0.3) is 0 Å². The normalized spacial score (nSPS) is 16.8. The summed E-state index contributed by atoms with van der Waals surface area (Å²) in [7, 11) is 1.67. The van der Waals surface area contributed by atoms with E-state index in [1.54, 1.807) is 7.11 Å². The van der Waals surface area contributed by atoms with Crippen LogP contribution in [0.4, 0.5) is 0 Å². The Balaban J connectivity index is 2.00. The molecule has 0 unspecified atom stereocenters. The molecule has 0 amide bonds. The summed E-state index contributed by atoms with van der Waals surface area (Å²) in [6, 6.07) is 14.7. The zero-order valence-electron chi connectivity index (χ0n) is 16.9. The zero-order valence-corrected chi connectivity index (χ0v) is 18.6. The molecule has 0 aliphatic heterocycles. The minimum absolute atomic E-state index is 0.0771. The summed E-state index contributed by atoms with van der Waals surface area (Å²) in [5, 5.41) is 0. The first-order valence-electron chi connectivity index (χ1n) is 9.37. The van der Waals surface area contributed by atoms with E-state index in [2.05, 4.69) is 62.7 Å². The van der Waals surface area contributed by atoms with Crippen LogP contribution in [0.2, 0.25) is 0 Å². The van der Waals surface area contributed by atoms with E-state index in [4.69, 9.17) is 9.47 Å². The molecule has 2 aromatic carbocycles. The first-order valence-corrected chi connectivity index (χ1v) is 11.1. The molecule has 0 radical (unpaired) electrons. The Morgan fingerprint density at radius 1 is 1.00 bits per heavy atom. The standard InChI is InChI=1S/C24H28O2Se/c1-23(2)12-13-24(3,4)22-20(23)15-19(16-21(22)26-17-25-5)27-14-11-18-9-7-6-8-10-18/h6-10,15-16H,12-13,17H2,1-5H3. The van der Waals surface area contributed by atoms with Gasteiger partial charge in [-0.2, -0.15) is 0 Å². The van der Waals surface area contributed by atoms with Crippen LogP contribution in [0, 0.1) is 10.7 Å². The molecule has 0 saturated carbocycles. The summed E-state index contributed by atoms with van der Waals surface area (Å²) < 4.78 is 12.5. The van der Waals surface area contributed by atoms with Gasteiger partial charge in [-0.1, -0.05) is 0 Å². The predicted octanol–water partition coefficient (Wildman–Crippen LogP) is 4.36. The molecule has 1 aliphatic carbocycles. The number of hydrogen-bond acceptors (Lipinski definition) is 2. The Morgan fingerprint density at radius 2 is 1.70 bits per heavy atom. The van der Waals surface area contributed by atoms with Crippen molar-refractivity contribution >= 4 is 19.4 Å². The van der Waals surface area contributed by atoms with Gasteiger partial charge in [0.05, 0.1) is 0 Å². The monoisotopic (exact) mass is 428 g/mol. The summed E-state index contributed by atoms with van der Waals surface area (Å²) in [6.45, 7) is 9.60. The topological polar surface area (TPSA) is 18.5 Å². The first-order chi connectivity index (χ1) is 12.8. The second kappa shape index (κ2) is 8.11. The van der Waals surface area contributed by atoms with Crippen LogP contribution in [0.1, 0.15) is 57.2 Å². The van der Waals surface area contributed by atoms with Crippen LogP contribution in [0.3, 0.4) is 0 Å². The summed E-state index contributed by atoms with van der Waals surface area (Å²) in [6.07, 6.45) is 2.34. The van der Waals surface area contributed by atoms with E-state index in [0.717, 1.165) is 17.7 Å². The van der Waals surface area contributed by atoms with Crippen molar-refractivity contribution in [3.63, 3.8) is 0 Å². The van der Waals surface area contributed by atoms with Crippen molar-refractivity contribution in [2.24, 2.45) is 0 Å². The molecule has 0 fully saturated rings. The molecule has 0 aromatic heterocycles. The molecule has 2 aromatic rings. The number of hydrogen-bond donors (Lipinski definition) is 0. The molecule has 0 bridgehead atoms. The quantitative estimate of drug-likeness (QED) is 0.410. The minimum atomic E-state index is 0.0771. The Morgan fingerprint density at radius 3 is 2.41 bits per heavy atom. The van der Waals surface area contributed by atoms with Gasteiger partial charge in [-0.05, 0) is 0 Å². The molecule has 2 nitrogen and oxygen atoms in total. The number of ether oxygens (including phenoxy) is 2. The van der Waals surface area contributed by atoms with Crippen molar-refractivity contribution in [3.05, 3.63) is 59.2 Å². The van der Waals surface area contributed by atoms with Crippen molar-refractivity contribution in [1.29, 1.82) is 0 Å². The van der Waals surface area contributed by atoms with Gasteiger partial charge in [0.2, 0.25) is 0 Å². The SMILES string of the molecule is COCOc1cc([Se]C#Cc2ccccc2)cc2c1C(C)(C)CCC2(C)C. The van der Waals surface area contributed by atoms with E-state index in [0.29, 0.717) is 0 Å². The van der Waals surface area contributed by atoms with Crippen LogP contribution in [0.15, 0.2) is 42.5 Å². The molecule has 27 heavy (non-hydrogen) atoms. The third-order valence-corrected chi connectivity index (χ3v) is 6.74. The molecular weight excluding hydrogens is 399 g/mol. The molecule has 1 aliphatic rings. The van der Waals surface area contributed by atoms with Gasteiger partial charge in [-0.25, -0.2) is 0 Å². The molecule has 0 N–H and O–H groups in total. The van der Waals surface area contributed by atoms with E-state index < -0.39 is 0 Å². The maximum atomic E-state index is 6.03. The van der Waals surface area contributed by atoms with E-state index in [1.807, 2.05) is 18.2 Å². The fraction of sp³-hybridized carbons (Fsp3) is 0.417. The summed E-state index contributed by atoms with van der Waals surface area (Å²) in [5.74, 6) is 4.25. The van der Waals surface area contributed by atoms with Crippen molar-refractivity contribution in [3.8, 4) is 16.5 Å². The average molecular weight is 427 g/mol. The van der Waals surface area contributed by atoms with Gasteiger partial charge in [-0.3, -0.25) is 0 Å². The Kier molecular flexibility index (Phi) is 6.01. The van der Waals surface area contributed by atoms with Gasteiger partial charge >= 0.3 is 170 Å². The van der Waals surface area contributed by atoms with Crippen LogP contribution in [0.25, 0.3) is 0 Å². The Labute approximate surface area is 169 Å². The fourth-order valence-corrected chi connectivity index (χ4v) is 4.99. The third kappa shape index (κ3) is 4.58. The zero-order chi connectivity index (χ0) is 19.5. The Hall–Kier alpha value is -1.72. The van der Waals surface area contributed by atoms with E-state index in [-0.39, 0.29) is 32.6 Å². The van der Waals surface area contributed by atoms with E-state index in [9.17, 15) is 0 Å². The van der Waals surface area contributed by atoms with Crippen LogP contribution in [0.5, 0.6) is 5.75 Å². The number of fused-ring (bicyclic) bond motifs is 1. The van der Waals surface area contributed by atoms with Gasteiger partial charge < -0.3 is 0 Å². The van der Waals surface area contributed by atoms with Crippen molar-refractivity contribution in [2.45, 2.75) is 51.4 Å². The van der Waals surface area contributed by atoms with E-state index >= 15 is 0 Å². The van der Waals surface area contributed by atoms with Crippen LogP contribution in [-0.4, -0.2) is 28.9 Å². The average Bonchev–Trinajstić information content (AvgIpc) is 2.64. The molecule has 0 atom stereocenters. The van der Waals surface area contributed by atoms with Crippen LogP contribution in [-0.2, 0) is 15.6 Å². The first kappa shape index (κ1) is 20.0.